The van der Waals surface area contributed by atoms with Gasteiger partial charge >= 0.3 is 0 Å². The molecular weight excluding hydrogens is 258 g/mol. The summed E-state index contributed by atoms with van der Waals surface area (Å²) in [5, 5.41) is 4.19. The second-order valence-corrected chi connectivity index (χ2v) is 4.71. The van der Waals surface area contributed by atoms with Crippen LogP contribution in [0.15, 0.2) is 18.7 Å². The Morgan fingerprint density at radius 2 is 2.25 bits per heavy atom. The summed E-state index contributed by atoms with van der Waals surface area (Å²) in [6.07, 6.45) is 4.83. The van der Waals surface area contributed by atoms with E-state index in [2.05, 4.69) is 10.1 Å². The van der Waals surface area contributed by atoms with E-state index in [1.165, 1.54) is 7.11 Å². The van der Waals surface area contributed by atoms with Gasteiger partial charge in [-0.15, -0.1) is 0 Å². The number of aromatic nitrogens is 4. The fourth-order valence-corrected chi connectivity index (χ4v) is 1.97. The minimum Gasteiger partial charge on any atom is -0.493 e. The van der Waals surface area contributed by atoms with Crippen LogP contribution < -0.4 is 10.5 Å². The van der Waals surface area contributed by atoms with Crippen LogP contribution in [-0.2, 0) is 6.54 Å². The number of ketones is 1. The summed E-state index contributed by atoms with van der Waals surface area (Å²) in [6.45, 7) is 5.03. The van der Waals surface area contributed by atoms with Crippen molar-refractivity contribution in [1.82, 2.24) is 19.3 Å². The summed E-state index contributed by atoms with van der Waals surface area (Å²) in [5.74, 6) is 0.251. The predicted octanol–water partition coefficient (Wildman–Crippen LogP) is 0.859. The molecule has 20 heavy (non-hydrogen) atoms. The monoisotopic (exact) mass is 277 g/mol. The number of imidazole rings is 1. The van der Waals surface area contributed by atoms with Crippen molar-refractivity contribution >= 4 is 5.78 Å². The Kier molecular flexibility index (Phi) is 4.19. The highest BCUT2D eigenvalue weighted by Gasteiger charge is 2.24. The van der Waals surface area contributed by atoms with Crippen molar-refractivity contribution in [3.05, 3.63) is 30.1 Å². The number of carbonyl (C=O) groups is 1. The van der Waals surface area contributed by atoms with Crippen LogP contribution in [0.4, 0.5) is 0 Å². The highest BCUT2D eigenvalue weighted by atomic mass is 16.5. The fourth-order valence-electron chi connectivity index (χ4n) is 1.97. The normalized spacial score (nSPS) is 11.1. The van der Waals surface area contributed by atoms with Gasteiger partial charge in [0.15, 0.2) is 11.4 Å². The summed E-state index contributed by atoms with van der Waals surface area (Å²) < 4.78 is 8.64. The van der Waals surface area contributed by atoms with Crippen molar-refractivity contribution in [3.63, 3.8) is 0 Å². The van der Waals surface area contributed by atoms with Crippen LogP contribution in [0.2, 0.25) is 0 Å². The first kappa shape index (κ1) is 14.3. The van der Waals surface area contributed by atoms with E-state index in [0.29, 0.717) is 30.2 Å². The standard InChI is InChI=1S/C13H19N5O2/c1-9(2)18-12(11(20-3)6-16-18)13(19)10-7-17(5-4-14)8-15-10/h6-9H,4-5,14H2,1-3H3. The van der Waals surface area contributed by atoms with Crippen molar-refractivity contribution in [2.45, 2.75) is 26.4 Å². The van der Waals surface area contributed by atoms with E-state index < -0.39 is 0 Å². The highest BCUT2D eigenvalue weighted by Crippen LogP contribution is 2.23. The first-order valence-electron chi connectivity index (χ1n) is 6.46. The molecule has 2 N–H and O–H groups in total. The maximum Gasteiger partial charge on any atom is 0.234 e. The predicted molar refractivity (Wildman–Crippen MR) is 73.9 cm³/mol. The first-order chi connectivity index (χ1) is 9.58. The molecule has 0 saturated carbocycles. The smallest absolute Gasteiger partial charge is 0.234 e. The largest absolute Gasteiger partial charge is 0.493 e. The molecule has 0 aliphatic rings. The van der Waals surface area contributed by atoms with Gasteiger partial charge in [-0.3, -0.25) is 9.48 Å². The number of ether oxygens (including phenoxy) is 1. The van der Waals surface area contributed by atoms with Gasteiger partial charge in [-0.1, -0.05) is 0 Å². The van der Waals surface area contributed by atoms with Gasteiger partial charge < -0.3 is 15.0 Å². The van der Waals surface area contributed by atoms with Gasteiger partial charge in [0.1, 0.15) is 5.69 Å². The Labute approximate surface area is 117 Å². The molecule has 0 amide bonds. The number of methoxy groups -OCH3 is 1. The number of nitrogens with zero attached hydrogens (tertiary/aromatic N) is 4. The zero-order chi connectivity index (χ0) is 14.7. The molecule has 108 valence electrons. The van der Waals surface area contributed by atoms with Gasteiger partial charge in [0, 0.05) is 25.3 Å². The summed E-state index contributed by atoms with van der Waals surface area (Å²) in [6, 6.07) is 0.0592. The molecular formula is C13H19N5O2. The van der Waals surface area contributed by atoms with E-state index in [4.69, 9.17) is 10.5 Å². The molecule has 2 heterocycles. The molecule has 0 saturated heterocycles. The second-order valence-electron chi connectivity index (χ2n) is 4.71. The minimum atomic E-state index is -0.205. The third-order valence-corrected chi connectivity index (χ3v) is 2.94. The van der Waals surface area contributed by atoms with E-state index in [9.17, 15) is 4.79 Å². The van der Waals surface area contributed by atoms with E-state index in [0.717, 1.165) is 0 Å². The first-order valence-corrected chi connectivity index (χ1v) is 6.46. The molecule has 7 heteroatoms. The van der Waals surface area contributed by atoms with Gasteiger partial charge in [0.2, 0.25) is 5.78 Å². The minimum absolute atomic E-state index is 0.0592. The molecule has 0 aliphatic carbocycles. The van der Waals surface area contributed by atoms with Gasteiger partial charge in [-0.2, -0.15) is 5.10 Å². The maximum absolute atomic E-state index is 12.6. The van der Waals surface area contributed by atoms with Crippen molar-refractivity contribution in [1.29, 1.82) is 0 Å². The number of carbonyl (C=O) groups excluding carboxylic acids is 1. The Hall–Kier alpha value is -2.15. The number of nitrogens with two attached hydrogens (primary N) is 1. The lowest BCUT2D eigenvalue weighted by atomic mass is 10.2. The summed E-state index contributed by atoms with van der Waals surface area (Å²) in [4.78, 5) is 16.7. The van der Waals surface area contributed by atoms with E-state index in [1.54, 1.807) is 28.0 Å². The van der Waals surface area contributed by atoms with Crippen LogP contribution in [0.1, 0.15) is 36.1 Å². The Morgan fingerprint density at radius 3 is 2.85 bits per heavy atom. The van der Waals surface area contributed by atoms with Crippen LogP contribution >= 0.6 is 0 Å². The van der Waals surface area contributed by atoms with Crippen molar-refractivity contribution in [2.75, 3.05) is 13.7 Å². The van der Waals surface area contributed by atoms with Gasteiger partial charge in [0.25, 0.3) is 0 Å². The average Bonchev–Trinajstić information content (AvgIpc) is 3.04. The topological polar surface area (TPSA) is 88.0 Å². The summed E-state index contributed by atoms with van der Waals surface area (Å²) >= 11 is 0. The molecule has 0 fully saturated rings. The zero-order valence-electron chi connectivity index (χ0n) is 11.9. The van der Waals surface area contributed by atoms with Crippen LogP contribution in [-0.4, -0.2) is 38.8 Å². The number of hydrogen-bond acceptors (Lipinski definition) is 5. The molecule has 2 aromatic heterocycles. The van der Waals surface area contributed by atoms with Crippen LogP contribution in [0.3, 0.4) is 0 Å². The number of hydrogen-bond donors (Lipinski definition) is 1. The van der Waals surface area contributed by atoms with Crippen molar-refractivity contribution in [2.24, 2.45) is 5.73 Å². The van der Waals surface area contributed by atoms with Gasteiger partial charge in [-0.25, -0.2) is 4.98 Å². The molecule has 0 aliphatic heterocycles. The summed E-state index contributed by atoms with van der Waals surface area (Å²) in [5.41, 5.74) is 6.26. The highest BCUT2D eigenvalue weighted by molar-refractivity contribution is 6.08. The Morgan fingerprint density at radius 1 is 1.50 bits per heavy atom. The molecule has 2 rings (SSSR count). The number of rotatable bonds is 6. The quantitative estimate of drug-likeness (QED) is 0.791. The van der Waals surface area contributed by atoms with E-state index in [1.807, 2.05) is 13.8 Å². The zero-order valence-corrected chi connectivity index (χ0v) is 11.9. The van der Waals surface area contributed by atoms with Crippen LogP contribution in [0.25, 0.3) is 0 Å². The van der Waals surface area contributed by atoms with Crippen molar-refractivity contribution in [3.8, 4) is 5.75 Å². The lowest BCUT2D eigenvalue weighted by molar-refractivity contribution is 0.102. The average molecular weight is 277 g/mol. The van der Waals surface area contributed by atoms with Crippen LogP contribution in [0, 0.1) is 0 Å². The second kappa shape index (κ2) is 5.87. The molecule has 0 unspecified atom stereocenters. The Balaban J connectivity index is 2.38. The summed E-state index contributed by atoms with van der Waals surface area (Å²) in [7, 11) is 1.52. The van der Waals surface area contributed by atoms with Crippen molar-refractivity contribution < 1.29 is 9.53 Å². The molecule has 0 aromatic carbocycles. The SMILES string of the molecule is COc1cnn(C(C)C)c1C(=O)c1cn(CCN)cn1. The third-order valence-electron chi connectivity index (χ3n) is 2.94. The lowest BCUT2D eigenvalue weighted by Gasteiger charge is -2.10. The van der Waals surface area contributed by atoms with E-state index in [-0.39, 0.29) is 11.8 Å². The van der Waals surface area contributed by atoms with E-state index >= 15 is 0 Å². The lowest BCUT2D eigenvalue weighted by Crippen LogP contribution is -2.14. The fraction of sp³-hybridized carbons (Fsp3) is 0.462. The molecule has 0 radical (unpaired) electrons. The van der Waals surface area contributed by atoms with Crippen LogP contribution in [0.5, 0.6) is 5.75 Å². The Bertz CT molecular complexity index is 600. The maximum atomic E-state index is 12.6. The molecule has 7 nitrogen and oxygen atoms in total. The molecule has 0 spiro atoms. The molecule has 2 aromatic rings. The van der Waals surface area contributed by atoms with Gasteiger partial charge in [0.05, 0.1) is 19.6 Å². The third kappa shape index (κ3) is 2.57. The molecule has 0 bridgehead atoms. The van der Waals surface area contributed by atoms with Gasteiger partial charge in [-0.05, 0) is 13.8 Å². The molecule has 0 atom stereocenters.